The molecule has 4 heteroatoms. The van der Waals surface area contributed by atoms with Crippen LogP contribution in [-0.2, 0) is 4.74 Å². The molecule has 0 saturated carbocycles. The Labute approximate surface area is 114 Å². The van der Waals surface area contributed by atoms with E-state index in [1.54, 1.807) is 7.11 Å². The zero-order valence-electron chi connectivity index (χ0n) is 11.6. The van der Waals surface area contributed by atoms with Crippen molar-refractivity contribution >= 4 is 5.69 Å². The summed E-state index contributed by atoms with van der Waals surface area (Å²) >= 11 is 0. The Hall–Kier alpha value is -1.73. The van der Waals surface area contributed by atoms with Crippen molar-refractivity contribution in [3.05, 3.63) is 23.8 Å². The van der Waals surface area contributed by atoms with Crippen molar-refractivity contribution in [3.63, 3.8) is 0 Å². The van der Waals surface area contributed by atoms with E-state index in [9.17, 15) is 5.26 Å². The van der Waals surface area contributed by atoms with Crippen LogP contribution in [0, 0.1) is 11.3 Å². The lowest BCUT2D eigenvalue weighted by molar-refractivity contribution is 0.115. The van der Waals surface area contributed by atoms with E-state index in [2.05, 4.69) is 17.9 Å². The lowest BCUT2D eigenvalue weighted by atomic mass is 10.1. The minimum absolute atomic E-state index is 0.276. The minimum Gasteiger partial charge on any atom is -0.497 e. The molecule has 4 nitrogen and oxygen atoms in total. The van der Waals surface area contributed by atoms with Gasteiger partial charge in [-0.3, -0.25) is 0 Å². The Morgan fingerprint density at radius 3 is 2.95 bits per heavy atom. The van der Waals surface area contributed by atoms with Crippen LogP contribution >= 0.6 is 0 Å². The van der Waals surface area contributed by atoms with Gasteiger partial charge in [-0.25, -0.2) is 0 Å². The first-order chi connectivity index (χ1) is 9.28. The zero-order chi connectivity index (χ0) is 13.7. The van der Waals surface area contributed by atoms with Crippen LogP contribution < -0.4 is 9.64 Å². The highest BCUT2D eigenvalue weighted by Gasteiger charge is 2.20. The van der Waals surface area contributed by atoms with E-state index in [1.165, 1.54) is 0 Å². The number of nitriles is 1. The number of benzene rings is 1. The molecule has 0 spiro atoms. The molecule has 1 atom stereocenters. The van der Waals surface area contributed by atoms with Gasteiger partial charge in [-0.15, -0.1) is 0 Å². The first-order valence-corrected chi connectivity index (χ1v) is 6.73. The van der Waals surface area contributed by atoms with E-state index >= 15 is 0 Å². The second kappa shape index (κ2) is 6.44. The highest BCUT2D eigenvalue weighted by molar-refractivity contribution is 5.62. The summed E-state index contributed by atoms with van der Waals surface area (Å²) in [5.41, 5.74) is 1.61. The number of nitrogens with zero attached hydrogens (tertiary/aromatic N) is 2. The number of hydrogen-bond donors (Lipinski definition) is 0. The van der Waals surface area contributed by atoms with E-state index in [4.69, 9.17) is 9.47 Å². The van der Waals surface area contributed by atoms with E-state index in [0.29, 0.717) is 5.56 Å². The SMILES string of the molecule is CCN(CC1CCCO1)c1cc(OC)ccc1C#N. The third kappa shape index (κ3) is 3.18. The van der Waals surface area contributed by atoms with Gasteiger partial charge >= 0.3 is 0 Å². The third-order valence-electron chi connectivity index (χ3n) is 3.50. The predicted octanol–water partition coefficient (Wildman–Crippen LogP) is 2.57. The molecule has 1 unspecified atom stereocenters. The highest BCUT2D eigenvalue weighted by Crippen LogP contribution is 2.27. The molecular formula is C15H20N2O2. The van der Waals surface area contributed by atoms with Gasteiger partial charge in [-0.2, -0.15) is 5.26 Å². The summed E-state index contributed by atoms with van der Waals surface area (Å²) in [5, 5.41) is 9.24. The van der Waals surface area contributed by atoms with Crippen LogP contribution in [0.3, 0.4) is 0 Å². The molecule has 1 aromatic rings. The van der Waals surface area contributed by atoms with E-state index in [0.717, 1.165) is 44.0 Å². The second-order valence-corrected chi connectivity index (χ2v) is 4.67. The number of rotatable bonds is 5. The maximum absolute atomic E-state index is 9.24. The molecule has 0 N–H and O–H groups in total. The monoisotopic (exact) mass is 260 g/mol. The number of hydrogen-bond acceptors (Lipinski definition) is 4. The van der Waals surface area contributed by atoms with Crippen molar-refractivity contribution in [1.82, 2.24) is 0 Å². The molecule has 0 aromatic heterocycles. The molecule has 1 saturated heterocycles. The molecule has 2 rings (SSSR count). The quantitative estimate of drug-likeness (QED) is 0.816. The van der Waals surface area contributed by atoms with Gasteiger partial charge in [0, 0.05) is 25.8 Å². The van der Waals surface area contributed by atoms with Gasteiger partial charge in [0.05, 0.1) is 24.5 Å². The number of methoxy groups -OCH3 is 1. The smallest absolute Gasteiger partial charge is 0.121 e. The molecular weight excluding hydrogens is 240 g/mol. The standard InChI is InChI=1S/C15H20N2O2/c1-3-17(11-14-5-4-8-19-14)15-9-13(18-2)7-6-12(15)10-16/h6-7,9,14H,3-5,8,11H2,1-2H3. The van der Waals surface area contributed by atoms with Crippen LogP contribution in [0.1, 0.15) is 25.3 Å². The topological polar surface area (TPSA) is 45.5 Å². The summed E-state index contributed by atoms with van der Waals surface area (Å²) in [6.45, 7) is 4.63. The first-order valence-electron chi connectivity index (χ1n) is 6.73. The molecule has 102 valence electrons. The fourth-order valence-corrected chi connectivity index (χ4v) is 2.43. The highest BCUT2D eigenvalue weighted by atomic mass is 16.5. The Bertz CT molecular complexity index is 462. The average Bonchev–Trinajstić information content (AvgIpc) is 2.97. The third-order valence-corrected chi connectivity index (χ3v) is 3.50. The average molecular weight is 260 g/mol. The first kappa shape index (κ1) is 13.7. The fourth-order valence-electron chi connectivity index (χ4n) is 2.43. The summed E-state index contributed by atoms with van der Waals surface area (Å²) in [7, 11) is 1.64. The summed E-state index contributed by atoms with van der Waals surface area (Å²) in [4.78, 5) is 2.19. The van der Waals surface area contributed by atoms with Crippen LogP contribution in [0.15, 0.2) is 18.2 Å². The molecule has 19 heavy (non-hydrogen) atoms. The Balaban J connectivity index is 2.22. The zero-order valence-corrected chi connectivity index (χ0v) is 11.6. The molecule has 1 aromatic carbocycles. The molecule has 0 bridgehead atoms. The summed E-state index contributed by atoms with van der Waals surface area (Å²) < 4.78 is 10.9. The normalized spacial score (nSPS) is 18.1. The minimum atomic E-state index is 0.276. The molecule has 1 aliphatic heterocycles. The van der Waals surface area contributed by atoms with Crippen LogP contribution in [-0.4, -0.2) is 32.9 Å². The van der Waals surface area contributed by atoms with Crippen molar-refractivity contribution in [1.29, 1.82) is 5.26 Å². The van der Waals surface area contributed by atoms with Gasteiger partial charge in [0.1, 0.15) is 11.8 Å². The molecule has 1 heterocycles. The number of ether oxygens (including phenoxy) is 2. The van der Waals surface area contributed by atoms with Gasteiger partial charge in [0.2, 0.25) is 0 Å². The van der Waals surface area contributed by atoms with Crippen molar-refractivity contribution in [3.8, 4) is 11.8 Å². The molecule has 0 amide bonds. The summed E-state index contributed by atoms with van der Waals surface area (Å²) in [6.07, 6.45) is 2.51. The second-order valence-electron chi connectivity index (χ2n) is 4.67. The summed E-state index contributed by atoms with van der Waals surface area (Å²) in [5.74, 6) is 0.778. The maximum Gasteiger partial charge on any atom is 0.121 e. The lowest BCUT2D eigenvalue weighted by Crippen LogP contribution is -2.32. The van der Waals surface area contributed by atoms with Gasteiger partial charge in [-0.05, 0) is 31.9 Å². The van der Waals surface area contributed by atoms with Crippen molar-refractivity contribution in [2.45, 2.75) is 25.9 Å². The number of anilines is 1. The number of likely N-dealkylation sites (N-methyl/N-ethyl adjacent to an activating group) is 1. The summed E-state index contributed by atoms with van der Waals surface area (Å²) in [6, 6.07) is 7.81. The van der Waals surface area contributed by atoms with Crippen LogP contribution in [0.2, 0.25) is 0 Å². The van der Waals surface area contributed by atoms with Crippen molar-refractivity contribution in [2.24, 2.45) is 0 Å². The fraction of sp³-hybridized carbons (Fsp3) is 0.533. The van der Waals surface area contributed by atoms with Crippen molar-refractivity contribution in [2.75, 3.05) is 31.7 Å². The van der Waals surface area contributed by atoms with E-state index in [-0.39, 0.29) is 6.10 Å². The molecule has 1 aliphatic rings. The Kier molecular flexibility index (Phi) is 4.64. The van der Waals surface area contributed by atoms with Crippen molar-refractivity contribution < 1.29 is 9.47 Å². The largest absolute Gasteiger partial charge is 0.497 e. The predicted molar refractivity (Wildman–Crippen MR) is 74.6 cm³/mol. The Morgan fingerprint density at radius 2 is 2.37 bits per heavy atom. The van der Waals surface area contributed by atoms with Gasteiger partial charge in [0.15, 0.2) is 0 Å². The van der Waals surface area contributed by atoms with Crippen LogP contribution in [0.25, 0.3) is 0 Å². The van der Waals surface area contributed by atoms with E-state index in [1.807, 2.05) is 18.2 Å². The van der Waals surface area contributed by atoms with Gasteiger partial charge in [0.25, 0.3) is 0 Å². The van der Waals surface area contributed by atoms with Gasteiger partial charge in [-0.1, -0.05) is 0 Å². The Morgan fingerprint density at radius 1 is 1.53 bits per heavy atom. The van der Waals surface area contributed by atoms with Crippen LogP contribution in [0.4, 0.5) is 5.69 Å². The van der Waals surface area contributed by atoms with E-state index < -0.39 is 0 Å². The molecule has 0 radical (unpaired) electrons. The van der Waals surface area contributed by atoms with Crippen LogP contribution in [0.5, 0.6) is 5.75 Å². The maximum atomic E-state index is 9.24. The molecule has 0 aliphatic carbocycles. The lowest BCUT2D eigenvalue weighted by Gasteiger charge is -2.27. The van der Waals surface area contributed by atoms with Gasteiger partial charge < -0.3 is 14.4 Å². The molecule has 1 fully saturated rings.